The highest BCUT2D eigenvalue weighted by Crippen LogP contribution is 2.50. The number of oxime groups is 1. The van der Waals surface area contributed by atoms with E-state index in [1.54, 1.807) is 0 Å². The van der Waals surface area contributed by atoms with E-state index in [2.05, 4.69) is 17.3 Å². The summed E-state index contributed by atoms with van der Waals surface area (Å²) in [6, 6.07) is 20.3. The largest absolute Gasteiger partial charge is 0.392 e. The van der Waals surface area contributed by atoms with Gasteiger partial charge in [-0.3, -0.25) is 0 Å². The molecule has 0 radical (unpaired) electrons. The zero-order valence-corrected chi connectivity index (χ0v) is 10.3. The zero-order chi connectivity index (χ0) is 12.7. The van der Waals surface area contributed by atoms with Gasteiger partial charge < -0.3 is 9.57 Å². The first-order chi connectivity index (χ1) is 9.40. The molecule has 2 aliphatic heterocycles. The lowest BCUT2D eigenvalue weighted by atomic mass is 9.91. The van der Waals surface area contributed by atoms with Crippen LogP contribution in [0.25, 0.3) is 0 Å². The standard InChI is InChI=1S/C16H13NO2/c1-3-7-12(8-4-1)14-15-16(19-15,11-18-17-14)13-9-5-2-6-10-13/h1-10,15H,11H2/t15-,16+/m0/s1. The van der Waals surface area contributed by atoms with Gasteiger partial charge in [0, 0.05) is 5.56 Å². The number of benzene rings is 2. The number of fused-ring (bicyclic) bond motifs is 1. The molecule has 2 aromatic carbocycles. The number of hydrogen-bond donors (Lipinski definition) is 0. The number of hydrogen-bond acceptors (Lipinski definition) is 3. The average Bonchev–Trinajstić information content (AvgIpc) is 3.25. The Bertz CT molecular complexity index is 624. The summed E-state index contributed by atoms with van der Waals surface area (Å²) in [4.78, 5) is 5.41. The minimum atomic E-state index is -0.339. The topological polar surface area (TPSA) is 34.1 Å². The fourth-order valence-corrected chi connectivity index (χ4v) is 2.64. The predicted octanol–water partition coefficient (Wildman–Crippen LogP) is 2.72. The number of nitrogens with zero attached hydrogens (tertiary/aromatic N) is 1. The highest BCUT2D eigenvalue weighted by molar-refractivity contribution is 6.06. The fraction of sp³-hybridized carbons (Fsp3) is 0.188. The van der Waals surface area contributed by atoms with Gasteiger partial charge in [-0.25, -0.2) is 0 Å². The van der Waals surface area contributed by atoms with Crippen LogP contribution < -0.4 is 0 Å². The van der Waals surface area contributed by atoms with Gasteiger partial charge in [-0.15, -0.1) is 0 Å². The van der Waals surface area contributed by atoms with Gasteiger partial charge in [0.2, 0.25) is 0 Å². The van der Waals surface area contributed by atoms with Crippen LogP contribution in [0.15, 0.2) is 65.8 Å². The Morgan fingerprint density at radius 3 is 2.37 bits per heavy atom. The van der Waals surface area contributed by atoms with E-state index in [9.17, 15) is 0 Å². The van der Waals surface area contributed by atoms with E-state index in [1.807, 2.05) is 48.5 Å². The van der Waals surface area contributed by atoms with Crippen molar-refractivity contribution in [1.82, 2.24) is 0 Å². The fourth-order valence-electron chi connectivity index (χ4n) is 2.64. The molecule has 3 nitrogen and oxygen atoms in total. The van der Waals surface area contributed by atoms with Crippen LogP contribution in [0.3, 0.4) is 0 Å². The predicted molar refractivity (Wildman–Crippen MR) is 71.9 cm³/mol. The summed E-state index contributed by atoms with van der Waals surface area (Å²) < 4.78 is 5.96. The molecule has 0 bridgehead atoms. The normalized spacial score (nSPS) is 28.0. The van der Waals surface area contributed by atoms with Crippen LogP contribution in [-0.4, -0.2) is 18.4 Å². The average molecular weight is 251 g/mol. The smallest absolute Gasteiger partial charge is 0.163 e. The quantitative estimate of drug-likeness (QED) is 0.769. The molecule has 0 spiro atoms. The second-order valence-corrected chi connectivity index (χ2v) is 4.87. The van der Waals surface area contributed by atoms with E-state index in [0.29, 0.717) is 6.61 Å². The molecule has 1 saturated heterocycles. The van der Waals surface area contributed by atoms with Gasteiger partial charge >= 0.3 is 0 Å². The molecule has 0 unspecified atom stereocenters. The summed E-state index contributed by atoms with van der Waals surface area (Å²) in [6.45, 7) is 0.484. The van der Waals surface area contributed by atoms with Crippen LogP contribution in [0.5, 0.6) is 0 Å². The lowest BCUT2D eigenvalue weighted by Crippen LogP contribution is -2.28. The first kappa shape index (κ1) is 10.8. The van der Waals surface area contributed by atoms with Crippen molar-refractivity contribution >= 4 is 5.71 Å². The molecule has 3 heteroatoms. The molecule has 1 fully saturated rings. The molecule has 94 valence electrons. The van der Waals surface area contributed by atoms with Gasteiger partial charge in [-0.05, 0) is 5.56 Å². The molecule has 0 aromatic heterocycles. The summed E-state index contributed by atoms with van der Waals surface area (Å²) in [5.41, 5.74) is 2.76. The molecule has 0 saturated carbocycles. The van der Waals surface area contributed by atoms with E-state index in [1.165, 1.54) is 0 Å². The van der Waals surface area contributed by atoms with Crippen LogP contribution in [0.2, 0.25) is 0 Å². The van der Waals surface area contributed by atoms with Crippen LogP contribution in [0, 0.1) is 0 Å². The second-order valence-electron chi connectivity index (χ2n) is 4.87. The summed E-state index contributed by atoms with van der Waals surface area (Å²) in [6.07, 6.45) is 0.00560. The Morgan fingerprint density at radius 2 is 1.63 bits per heavy atom. The van der Waals surface area contributed by atoms with Gasteiger partial charge in [-0.1, -0.05) is 65.8 Å². The van der Waals surface area contributed by atoms with Crippen LogP contribution >= 0.6 is 0 Å². The Labute approximate surface area is 111 Å². The molecule has 0 amide bonds. The van der Waals surface area contributed by atoms with E-state index in [4.69, 9.17) is 9.57 Å². The molecule has 2 heterocycles. The summed E-state index contributed by atoms with van der Waals surface area (Å²) in [5.74, 6) is 0. The first-order valence-electron chi connectivity index (χ1n) is 6.39. The van der Waals surface area contributed by atoms with Gasteiger partial charge in [0.15, 0.2) is 12.2 Å². The van der Waals surface area contributed by atoms with Crippen molar-refractivity contribution in [2.24, 2.45) is 5.16 Å². The van der Waals surface area contributed by atoms with Crippen molar-refractivity contribution in [3.63, 3.8) is 0 Å². The van der Waals surface area contributed by atoms with E-state index >= 15 is 0 Å². The van der Waals surface area contributed by atoms with Crippen LogP contribution in [-0.2, 0) is 15.2 Å². The lowest BCUT2D eigenvalue weighted by molar-refractivity contribution is 0.0828. The van der Waals surface area contributed by atoms with E-state index in [0.717, 1.165) is 16.8 Å². The Kier molecular flexibility index (Phi) is 2.23. The van der Waals surface area contributed by atoms with Gasteiger partial charge in [0.1, 0.15) is 11.8 Å². The van der Waals surface area contributed by atoms with Crippen molar-refractivity contribution in [2.75, 3.05) is 6.61 Å². The maximum absolute atomic E-state index is 5.96. The summed E-state index contributed by atoms with van der Waals surface area (Å²) in [5, 5.41) is 4.18. The zero-order valence-electron chi connectivity index (χ0n) is 10.3. The SMILES string of the molecule is c1ccc(C2=NOC[C@]3(c4ccccc4)O[C@@H]23)cc1. The van der Waals surface area contributed by atoms with Gasteiger partial charge in [0.25, 0.3) is 0 Å². The number of rotatable bonds is 2. The molecule has 2 atom stereocenters. The number of ether oxygens (including phenoxy) is 1. The second kappa shape index (κ2) is 3.93. The van der Waals surface area contributed by atoms with Crippen molar-refractivity contribution in [3.05, 3.63) is 71.8 Å². The molecular weight excluding hydrogens is 238 g/mol. The van der Waals surface area contributed by atoms with Crippen LogP contribution in [0.1, 0.15) is 11.1 Å². The molecule has 0 N–H and O–H groups in total. The Balaban J connectivity index is 1.71. The summed E-state index contributed by atoms with van der Waals surface area (Å²) in [7, 11) is 0. The summed E-state index contributed by atoms with van der Waals surface area (Å²) >= 11 is 0. The highest BCUT2D eigenvalue weighted by atomic mass is 16.7. The molecule has 19 heavy (non-hydrogen) atoms. The van der Waals surface area contributed by atoms with E-state index < -0.39 is 0 Å². The molecule has 0 aliphatic carbocycles. The lowest BCUT2D eigenvalue weighted by Gasteiger charge is -2.17. The Hall–Kier alpha value is -2.13. The number of epoxide rings is 1. The molecular formula is C16H13NO2. The van der Waals surface area contributed by atoms with Crippen molar-refractivity contribution in [3.8, 4) is 0 Å². The highest BCUT2D eigenvalue weighted by Gasteiger charge is 2.63. The monoisotopic (exact) mass is 251 g/mol. The molecule has 2 aromatic rings. The van der Waals surface area contributed by atoms with Crippen LogP contribution in [0.4, 0.5) is 0 Å². The maximum Gasteiger partial charge on any atom is 0.163 e. The van der Waals surface area contributed by atoms with Crippen molar-refractivity contribution < 1.29 is 9.57 Å². The third-order valence-corrected chi connectivity index (χ3v) is 3.72. The third kappa shape index (κ3) is 1.59. The third-order valence-electron chi connectivity index (χ3n) is 3.72. The minimum Gasteiger partial charge on any atom is -0.392 e. The minimum absolute atomic E-state index is 0.00560. The van der Waals surface area contributed by atoms with Gasteiger partial charge in [0.05, 0.1) is 0 Å². The van der Waals surface area contributed by atoms with E-state index in [-0.39, 0.29) is 11.7 Å². The molecule has 2 aliphatic rings. The first-order valence-corrected chi connectivity index (χ1v) is 6.39. The van der Waals surface area contributed by atoms with Crippen molar-refractivity contribution in [2.45, 2.75) is 11.7 Å². The molecule has 4 rings (SSSR count). The maximum atomic E-state index is 5.96. The van der Waals surface area contributed by atoms with Crippen molar-refractivity contribution in [1.29, 1.82) is 0 Å². The van der Waals surface area contributed by atoms with Gasteiger partial charge in [-0.2, -0.15) is 0 Å². The Morgan fingerprint density at radius 1 is 0.947 bits per heavy atom.